The predicted octanol–water partition coefficient (Wildman–Crippen LogP) is 1.46. The molecule has 1 aromatic heterocycles. The van der Waals surface area contributed by atoms with E-state index in [-0.39, 0.29) is 11.9 Å². The van der Waals surface area contributed by atoms with E-state index in [0.29, 0.717) is 12.8 Å². The van der Waals surface area contributed by atoms with Gasteiger partial charge in [-0.15, -0.1) is 12.3 Å². The molecule has 3 nitrogen and oxygen atoms in total. The first kappa shape index (κ1) is 12.3. The quantitative estimate of drug-likeness (QED) is 0.774. The minimum Gasteiger partial charge on any atom is -0.352 e. The van der Waals surface area contributed by atoms with Gasteiger partial charge in [0, 0.05) is 18.7 Å². The van der Waals surface area contributed by atoms with Crippen molar-refractivity contribution >= 4 is 5.91 Å². The van der Waals surface area contributed by atoms with Crippen LogP contribution in [0, 0.1) is 19.3 Å². The average molecular weight is 216 g/mol. The number of nitrogens with one attached hydrogen (secondary N) is 1. The Morgan fingerprint density at radius 3 is 3.06 bits per heavy atom. The minimum absolute atomic E-state index is 0.0153. The molecular weight excluding hydrogens is 200 g/mol. The molecule has 0 aliphatic heterocycles. The van der Waals surface area contributed by atoms with Gasteiger partial charge in [0.05, 0.1) is 12.1 Å². The third kappa shape index (κ3) is 3.74. The number of carbonyl (C=O) groups is 1. The van der Waals surface area contributed by atoms with Gasteiger partial charge in [-0.05, 0) is 25.5 Å². The second kappa shape index (κ2) is 5.92. The van der Waals surface area contributed by atoms with E-state index in [9.17, 15) is 4.79 Å². The Labute approximate surface area is 96.3 Å². The van der Waals surface area contributed by atoms with E-state index in [2.05, 4.69) is 16.2 Å². The van der Waals surface area contributed by atoms with Crippen LogP contribution in [0.2, 0.25) is 0 Å². The Kier molecular flexibility index (Phi) is 4.53. The van der Waals surface area contributed by atoms with Gasteiger partial charge in [0.2, 0.25) is 5.91 Å². The number of terminal acetylenes is 1. The van der Waals surface area contributed by atoms with Crippen molar-refractivity contribution in [1.29, 1.82) is 0 Å². The van der Waals surface area contributed by atoms with Crippen LogP contribution in [0.25, 0.3) is 0 Å². The SMILES string of the molecule is C#CCC(C)NC(=O)Cc1ncccc1C. The monoisotopic (exact) mass is 216 g/mol. The Balaban J connectivity index is 2.53. The number of carbonyl (C=O) groups excluding carboxylic acids is 1. The summed E-state index contributed by atoms with van der Waals surface area (Å²) >= 11 is 0. The van der Waals surface area contributed by atoms with Gasteiger partial charge in [0.25, 0.3) is 0 Å². The van der Waals surface area contributed by atoms with Gasteiger partial charge in [-0.25, -0.2) is 0 Å². The summed E-state index contributed by atoms with van der Waals surface area (Å²) < 4.78 is 0. The van der Waals surface area contributed by atoms with Crippen molar-refractivity contribution in [3.63, 3.8) is 0 Å². The maximum Gasteiger partial charge on any atom is 0.226 e. The molecule has 1 heterocycles. The van der Waals surface area contributed by atoms with Crippen LogP contribution >= 0.6 is 0 Å². The summed E-state index contributed by atoms with van der Waals surface area (Å²) in [7, 11) is 0. The molecule has 1 unspecified atom stereocenters. The van der Waals surface area contributed by atoms with Gasteiger partial charge in [-0.2, -0.15) is 0 Å². The van der Waals surface area contributed by atoms with Crippen molar-refractivity contribution in [2.45, 2.75) is 32.7 Å². The summed E-state index contributed by atoms with van der Waals surface area (Å²) in [5, 5.41) is 2.84. The van der Waals surface area contributed by atoms with Crippen molar-refractivity contribution in [2.24, 2.45) is 0 Å². The van der Waals surface area contributed by atoms with E-state index in [4.69, 9.17) is 6.42 Å². The second-order valence-corrected chi connectivity index (χ2v) is 3.82. The lowest BCUT2D eigenvalue weighted by atomic mass is 10.1. The van der Waals surface area contributed by atoms with Gasteiger partial charge in [-0.1, -0.05) is 6.07 Å². The highest BCUT2D eigenvalue weighted by Crippen LogP contribution is 2.04. The second-order valence-electron chi connectivity index (χ2n) is 3.82. The van der Waals surface area contributed by atoms with Gasteiger partial charge in [-0.3, -0.25) is 9.78 Å². The molecule has 3 heteroatoms. The van der Waals surface area contributed by atoms with Crippen molar-refractivity contribution in [2.75, 3.05) is 0 Å². The fraction of sp³-hybridized carbons (Fsp3) is 0.385. The topological polar surface area (TPSA) is 42.0 Å². The molecule has 1 amide bonds. The van der Waals surface area contributed by atoms with E-state index < -0.39 is 0 Å². The molecule has 0 aromatic carbocycles. The molecule has 0 saturated carbocycles. The lowest BCUT2D eigenvalue weighted by molar-refractivity contribution is -0.121. The van der Waals surface area contributed by atoms with Crippen LogP contribution < -0.4 is 5.32 Å². The Morgan fingerprint density at radius 1 is 1.69 bits per heavy atom. The summed E-state index contributed by atoms with van der Waals surface area (Å²) in [6, 6.07) is 3.82. The smallest absolute Gasteiger partial charge is 0.226 e. The van der Waals surface area contributed by atoms with Crippen molar-refractivity contribution in [1.82, 2.24) is 10.3 Å². The number of hydrogen-bond acceptors (Lipinski definition) is 2. The maximum absolute atomic E-state index is 11.6. The molecule has 1 aromatic rings. The molecule has 1 rings (SSSR count). The van der Waals surface area contributed by atoms with E-state index in [0.717, 1.165) is 11.3 Å². The lowest BCUT2D eigenvalue weighted by Gasteiger charge is -2.11. The van der Waals surface area contributed by atoms with Gasteiger partial charge < -0.3 is 5.32 Å². The number of aromatic nitrogens is 1. The standard InChI is InChI=1S/C13H16N2O/c1-4-6-11(3)15-13(16)9-12-10(2)7-5-8-14-12/h1,5,7-8,11H,6,9H2,2-3H3,(H,15,16). The number of hydrogen-bond donors (Lipinski definition) is 1. The maximum atomic E-state index is 11.6. The van der Waals surface area contributed by atoms with Gasteiger partial charge in [0.1, 0.15) is 0 Å². The first-order valence-corrected chi connectivity index (χ1v) is 5.26. The van der Waals surface area contributed by atoms with Crippen LogP contribution in [-0.4, -0.2) is 16.9 Å². The molecule has 0 bridgehead atoms. The van der Waals surface area contributed by atoms with Crippen LogP contribution in [0.5, 0.6) is 0 Å². The van der Waals surface area contributed by atoms with Gasteiger partial charge in [0.15, 0.2) is 0 Å². The van der Waals surface area contributed by atoms with Crippen LogP contribution in [0.1, 0.15) is 24.6 Å². The van der Waals surface area contributed by atoms with Crippen molar-refractivity contribution < 1.29 is 4.79 Å². The molecule has 0 spiro atoms. The molecule has 0 fully saturated rings. The molecule has 0 radical (unpaired) electrons. The molecule has 0 saturated heterocycles. The fourth-order valence-electron chi connectivity index (χ4n) is 1.41. The summed E-state index contributed by atoms with van der Waals surface area (Å²) in [5.74, 6) is 2.48. The largest absolute Gasteiger partial charge is 0.352 e. The van der Waals surface area contributed by atoms with Crippen LogP contribution in [0.3, 0.4) is 0 Å². The number of rotatable bonds is 4. The predicted molar refractivity (Wildman–Crippen MR) is 63.7 cm³/mol. The molecule has 16 heavy (non-hydrogen) atoms. The Morgan fingerprint density at radius 2 is 2.44 bits per heavy atom. The zero-order valence-corrected chi connectivity index (χ0v) is 9.66. The first-order valence-electron chi connectivity index (χ1n) is 5.26. The minimum atomic E-state index is -0.0375. The summed E-state index contributed by atoms with van der Waals surface area (Å²) in [4.78, 5) is 15.8. The highest BCUT2D eigenvalue weighted by atomic mass is 16.1. The Hall–Kier alpha value is -1.82. The highest BCUT2D eigenvalue weighted by molar-refractivity contribution is 5.78. The van der Waals surface area contributed by atoms with Crippen LogP contribution in [-0.2, 0) is 11.2 Å². The molecule has 1 atom stereocenters. The molecule has 0 aliphatic rings. The lowest BCUT2D eigenvalue weighted by Crippen LogP contribution is -2.33. The van der Waals surface area contributed by atoms with E-state index in [1.807, 2.05) is 26.0 Å². The van der Waals surface area contributed by atoms with E-state index in [1.165, 1.54) is 0 Å². The summed E-state index contributed by atoms with van der Waals surface area (Å²) in [6.07, 6.45) is 7.72. The highest BCUT2D eigenvalue weighted by Gasteiger charge is 2.09. The van der Waals surface area contributed by atoms with Crippen LogP contribution in [0.15, 0.2) is 18.3 Å². The number of nitrogens with zero attached hydrogens (tertiary/aromatic N) is 1. The first-order chi connectivity index (χ1) is 7.63. The number of amides is 1. The zero-order valence-electron chi connectivity index (χ0n) is 9.66. The number of pyridine rings is 1. The van der Waals surface area contributed by atoms with E-state index in [1.54, 1.807) is 6.20 Å². The Bertz CT molecular complexity index is 407. The van der Waals surface area contributed by atoms with Crippen LogP contribution in [0.4, 0.5) is 0 Å². The molecular formula is C13H16N2O. The number of aryl methyl sites for hydroxylation is 1. The zero-order chi connectivity index (χ0) is 12.0. The van der Waals surface area contributed by atoms with Crippen molar-refractivity contribution in [3.8, 4) is 12.3 Å². The summed E-state index contributed by atoms with van der Waals surface area (Å²) in [5.41, 5.74) is 1.84. The van der Waals surface area contributed by atoms with Crippen molar-refractivity contribution in [3.05, 3.63) is 29.6 Å². The molecule has 1 N–H and O–H groups in total. The van der Waals surface area contributed by atoms with E-state index >= 15 is 0 Å². The molecule has 84 valence electrons. The average Bonchev–Trinajstić information content (AvgIpc) is 2.21. The molecule has 0 aliphatic carbocycles. The summed E-state index contributed by atoms with van der Waals surface area (Å²) in [6.45, 7) is 3.84. The third-order valence-electron chi connectivity index (χ3n) is 2.28. The van der Waals surface area contributed by atoms with Gasteiger partial charge >= 0.3 is 0 Å². The normalized spacial score (nSPS) is 11.6. The fourth-order valence-corrected chi connectivity index (χ4v) is 1.41. The third-order valence-corrected chi connectivity index (χ3v) is 2.28.